The number of ether oxygens (including phenoxy) is 1. The van der Waals surface area contributed by atoms with E-state index in [1.165, 1.54) is 18.3 Å². The summed E-state index contributed by atoms with van der Waals surface area (Å²) < 4.78 is 15.3. The van der Waals surface area contributed by atoms with Crippen LogP contribution in [0.15, 0.2) is 57.6 Å². The minimum absolute atomic E-state index is 0.188. The molecule has 150 valence electrons. The van der Waals surface area contributed by atoms with Gasteiger partial charge in [-0.2, -0.15) is 0 Å². The molecule has 0 fully saturated rings. The summed E-state index contributed by atoms with van der Waals surface area (Å²) in [5, 5.41) is 2.69. The zero-order valence-corrected chi connectivity index (χ0v) is 16.2. The van der Waals surface area contributed by atoms with Gasteiger partial charge in [-0.1, -0.05) is 0 Å². The summed E-state index contributed by atoms with van der Waals surface area (Å²) in [6.45, 7) is 1.85. The van der Waals surface area contributed by atoms with Gasteiger partial charge < -0.3 is 23.8 Å². The zero-order valence-electron chi connectivity index (χ0n) is 16.2. The maximum Gasteiger partial charge on any atom is 0.341 e. The van der Waals surface area contributed by atoms with Gasteiger partial charge in [-0.3, -0.25) is 9.59 Å². The van der Waals surface area contributed by atoms with Crippen LogP contribution in [0.25, 0.3) is 0 Å². The molecule has 0 atom stereocenters. The number of hydrogen-bond donors (Lipinski definition) is 1. The van der Waals surface area contributed by atoms with Crippen LogP contribution in [0.3, 0.4) is 0 Å². The van der Waals surface area contributed by atoms with Crippen molar-refractivity contribution in [1.82, 2.24) is 4.90 Å². The van der Waals surface area contributed by atoms with Crippen molar-refractivity contribution in [2.24, 2.45) is 0 Å². The van der Waals surface area contributed by atoms with Crippen LogP contribution in [0, 0.1) is 6.92 Å². The molecule has 1 N–H and O–H groups in total. The van der Waals surface area contributed by atoms with Crippen LogP contribution in [0.1, 0.15) is 42.8 Å². The normalized spacial score (nSPS) is 10.4. The molecule has 0 saturated heterocycles. The van der Waals surface area contributed by atoms with Crippen molar-refractivity contribution in [3.8, 4) is 0 Å². The monoisotopic (exact) mass is 396 g/mol. The molecule has 2 aromatic heterocycles. The minimum Gasteiger partial charge on any atom is -0.465 e. The summed E-state index contributed by atoms with van der Waals surface area (Å²) in [5.41, 5.74) is 1.31. The van der Waals surface area contributed by atoms with Gasteiger partial charge in [0, 0.05) is 18.3 Å². The first-order chi connectivity index (χ1) is 13.9. The van der Waals surface area contributed by atoms with Gasteiger partial charge in [-0.05, 0) is 49.4 Å². The van der Waals surface area contributed by atoms with E-state index in [-0.39, 0.29) is 24.1 Å². The zero-order chi connectivity index (χ0) is 21.0. The van der Waals surface area contributed by atoms with Crippen molar-refractivity contribution in [3.63, 3.8) is 0 Å². The second-order valence-corrected chi connectivity index (χ2v) is 6.34. The van der Waals surface area contributed by atoms with E-state index >= 15 is 0 Å². The topological polar surface area (TPSA) is 102 Å². The van der Waals surface area contributed by atoms with Crippen LogP contribution in [-0.2, 0) is 11.3 Å². The smallest absolute Gasteiger partial charge is 0.341 e. The fraction of sp³-hybridized carbons (Fsp3) is 0.190. The van der Waals surface area contributed by atoms with Crippen molar-refractivity contribution in [1.29, 1.82) is 0 Å². The van der Waals surface area contributed by atoms with E-state index in [1.54, 1.807) is 56.4 Å². The molecule has 0 spiro atoms. The van der Waals surface area contributed by atoms with Crippen LogP contribution in [0.2, 0.25) is 0 Å². The van der Waals surface area contributed by atoms with Crippen molar-refractivity contribution < 1.29 is 28.0 Å². The molecule has 8 heteroatoms. The first-order valence-corrected chi connectivity index (χ1v) is 8.77. The minimum atomic E-state index is -0.487. The lowest BCUT2D eigenvalue weighted by Crippen LogP contribution is -2.26. The summed E-state index contributed by atoms with van der Waals surface area (Å²) >= 11 is 0. The maximum atomic E-state index is 12.6. The first kappa shape index (κ1) is 19.9. The number of nitrogens with zero attached hydrogens (tertiary/aromatic N) is 1. The Balaban J connectivity index is 1.64. The highest BCUT2D eigenvalue weighted by atomic mass is 16.5. The molecule has 1 aromatic carbocycles. The van der Waals surface area contributed by atoms with Crippen molar-refractivity contribution in [2.45, 2.75) is 13.5 Å². The highest BCUT2D eigenvalue weighted by molar-refractivity contribution is 6.02. The lowest BCUT2D eigenvalue weighted by Gasteiger charge is -2.16. The molecule has 2 heterocycles. The Bertz CT molecular complexity index is 1020. The fourth-order valence-corrected chi connectivity index (χ4v) is 2.76. The number of carbonyl (C=O) groups excluding carboxylic acids is 3. The molecule has 0 unspecified atom stereocenters. The number of carbonyl (C=O) groups is 3. The van der Waals surface area contributed by atoms with Gasteiger partial charge in [0.15, 0.2) is 5.76 Å². The number of aryl methyl sites for hydroxylation is 1. The SMILES string of the molecule is COC(=O)c1cc(CN(C)C(=O)c2ccc(NC(=O)c3ccco3)cc2)oc1C. The lowest BCUT2D eigenvalue weighted by molar-refractivity contribution is 0.0598. The van der Waals surface area contributed by atoms with Crippen molar-refractivity contribution >= 4 is 23.5 Å². The van der Waals surface area contributed by atoms with Gasteiger partial charge in [0.1, 0.15) is 17.1 Å². The molecule has 3 aromatic rings. The summed E-state index contributed by atoms with van der Waals surface area (Å²) in [4.78, 5) is 37.8. The summed E-state index contributed by atoms with van der Waals surface area (Å²) in [6, 6.07) is 11.2. The number of nitrogens with one attached hydrogen (secondary N) is 1. The number of hydrogen-bond acceptors (Lipinski definition) is 6. The Morgan fingerprint density at radius 1 is 1.14 bits per heavy atom. The third kappa shape index (κ3) is 4.55. The Labute approximate surface area is 167 Å². The lowest BCUT2D eigenvalue weighted by atomic mass is 10.1. The second-order valence-electron chi connectivity index (χ2n) is 6.34. The summed E-state index contributed by atoms with van der Waals surface area (Å²) in [6.07, 6.45) is 1.42. The van der Waals surface area contributed by atoms with Gasteiger partial charge in [-0.15, -0.1) is 0 Å². The average Bonchev–Trinajstić information content (AvgIpc) is 3.37. The van der Waals surface area contributed by atoms with Crippen LogP contribution in [-0.4, -0.2) is 36.8 Å². The van der Waals surface area contributed by atoms with Gasteiger partial charge in [0.25, 0.3) is 11.8 Å². The Kier molecular flexibility index (Phi) is 5.82. The third-order valence-electron chi connectivity index (χ3n) is 4.25. The molecule has 0 saturated carbocycles. The van der Waals surface area contributed by atoms with Crippen LogP contribution >= 0.6 is 0 Å². The number of furan rings is 2. The first-order valence-electron chi connectivity index (χ1n) is 8.77. The Morgan fingerprint density at radius 2 is 1.86 bits per heavy atom. The number of anilines is 1. The number of rotatable bonds is 6. The van der Waals surface area contributed by atoms with Crippen molar-refractivity contribution in [3.05, 3.63) is 77.1 Å². The highest BCUT2D eigenvalue weighted by Crippen LogP contribution is 2.18. The number of amides is 2. The number of benzene rings is 1. The molecule has 0 aliphatic heterocycles. The summed E-state index contributed by atoms with van der Waals surface area (Å²) in [5.74, 6) is 0.0115. The number of methoxy groups -OCH3 is 1. The molecule has 0 bridgehead atoms. The quantitative estimate of drug-likeness (QED) is 0.640. The second kappa shape index (κ2) is 8.47. The highest BCUT2D eigenvalue weighted by Gasteiger charge is 2.19. The molecular formula is C21H20N2O6. The van der Waals surface area contributed by atoms with E-state index in [9.17, 15) is 14.4 Å². The van der Waals surface area contributed by atoms with Gasteiger partial charge >= 0.3 is 5.97 Å². The Hall–Kier alpha value is -3.81. The van der Waals surface area contributed by atoms with Gasteiger partial charge in [-0.25, -0.2) is 4.79 Å². The predicted octanol–water partition coefficient (Wildman–Crippen LogP) is 3.49. The third-order valence-corrected chi connectivity index (χ3v) is 4.25. The Morgan fingerprint density at radius 3 is 2.48 bits per heavy atom. The van der Waals surface area contributed by atoms with E-state index < -0.39 is 5.97 Å². The average molecular weight is 396 g/mol. The standard InChI is InChI=1S/C21H20N2O6/c1-13-17(21(26)27-3)11-16(29-13)12-23(2)20(25)14-6-8-15(9-7-14)22-19(24)18-5-4-10-28-18/h4-11H,12H2,1-3H3,(H,22,24). The largest absolute Gasteiger partial charge is 0.465 e. The van der Waals surface area contributed by atoms with Gasteiger partial charge in [0.05, 0.1) is 19.9 Å². The predicted molar refractivity (Wildman–Crippen MR) is 104 cm³/mol. The molecule has 2 amide bonds. The van der Waals surface area contributed by atoms with E-state index in [4.69, 9.17) is 13.6 Å². The fourth-order valence-electron chi connectivity index (χ4n) is 2.76. The molecule has 0 radical (unpaired) electrons. The van der Waals surface area contributed by atoms with Crippen LogP contribution in [0.4, 0.5) is 5.69 Å². The van der Waals surface area contributed by atoms with E-state index in [2.05, 4.69) is 5.32 Å². The van der Waals surface area contributed by atoms with E-state index in [0.717, 1.165) is 0 Å². The molecule has 8 nitrogen and oxygen atoms in total. The summed E-state index contributed by atoms with van der Waals surface area (Å²) in [7, 11) is 2.93. The van der Waals surface area contributed by atoms with Crippen LogP contribution in [0.5, 0.6) is 0 Å². The van der Waals surface area contributed by atoms with Crippen molar-refractivity contribution in [2.75, 3.05) is 19.5 Å². The van der Waals surface area contributed by atoms with E-state index in [1.807, 2.05) is 0 Å². The molecular weight excluding hydrogens is 376 g/mol. The maximum absolute atomic E-state index is 12.6. The molecule has 0 aliphatic carbocycles. The van der Waals surface area contributed by atoms with E-state index in [0.29, 0.717) is 28.3 Å². The number of esters is 1. The van der Waals surface area contributed by atoms with Gasteiger partial charge in [0.2, 0.25) is 0 Å². The molecule has 29 heavy (non-hydrogen) atoms. The molecule has 3 rings (SSSR count). The van der Waals surface area contributed by atoms with Crippen LogP contribution < -0.4 is 5.32 Å². The molecule has 0 aliphatic rings.